The maximum Gasteiger partial charge on any atom is 0.410 e. The first-order valence-electron chi connectivity index (χ1n) is 7.52. The molecule has 0 radical (unpaired) electrons. The highest BCUT2D eigenvalue weighted by molar-refractivity contribution is 5.69. The maximum atomic E-state index is 12.5. The minimum atomic E-state index is -0.440. The average molecular weight is 275 g/mol. The van der Waals surface area contributed by atoms with Gasteiger partial charge in [-0.05, 0) is 39.2 Å². The van der Waals surface area contributed by atoms with Crippen LogP contribution in [0.5, 0.6) is 0 Å². The zero-order valence-corrected chi connectivity index (χ0v) is 12.8. The minimum Gasteiger partial charge on any atom is -0.444 e. The standard InChI is InChI=1S/C17H25NO2/c1-17(2,3)20-16(19)18-13-9-5-8-12-15(18)14-10-6-4-7-11-14/h4,6-7,10-11,15H,5,8-9,12-13H2,1-3H3/t15-/m1/s1. The van der Waals surface area contributed by atoms with Crippen molar-refractivity contribution in [1.82, 2.24) is 4.90 Å². The van der Waals surface area contributed by atoms with E-state index in [4.69, 9.17) is 4.74 Å². The van der Waals surface area contributed by atoms with Crippen LogP contribution in [-0.2, 0) is 4.74 Å². The lowest BCUT2D eigenvalue weighted by Gasteiger charge is -2.32. The highest BCUT2D eigenvalue weighted by Gasteiger charge is 2.30. The summed E-state index contributed by atoms with van der Waals surface area (Å²) in [6, 6.07) is 10.4. The fourth-order valence-corrected chi connectivity index (χ4v) is 2.67. The summed E-state index contributed by atoms with van der Waals surface area (Å²) < 4.78 is 5.57. The molecule has 0 N–H and O–H groups in total. The van der Waals surface area contributed by atoms with Crippen LogP contribution in [0.2, 0.25) is 0 Å². The van der Waals surface area contributed by atoms with E-state index >= 15 is 0 Å². The Kier molecular flexibility index (Phi) is 4.69. The Morgan fingerprint density at radius 2 is 1.85 bits per heavy atom. The molecule has 0 aliphatic carbocycles. The molecule has 0 bridgehead atoms. The largest absolute Gasteiger partial charge is 0.444 e. The zero-order chi connectivity index (χ0) is 14.6. The Morgan fingerprint density at radius 1 is 1.15 bits per heavy atom. The summed E-state index contributed by atoms with van der Waals surface area (Å²) >= 11 is 0. The molecule has 20 heavy (non-hydrogen) atoms. The number of ether oxygens (including phenoxy) is 1. The second-order valence-corrected chi connectivity index (χ2v) is 6.45. The molecule has 1 amide bonds. The fraction of sp³-hybridized carbons (Fsp3) is 0.588. The molecule has 1 fully saturated rings. The SMILES string of the molecule is CC(C)(C)OC(=O)N1CCCCC[C@@H]1c1ccccc1. The van der Waals surface area contributed by atoms with Crippen molar-refractivity contribution in [3.8, 4) is 0 Å². The van der Waals surface area contributed by atoms with Crippen LogP contribution in [0.25, 0.3) is 0 Å². The number of hydrogen-bond acceptors (Lipinski definition) is 2. The molecule has 110 valence electrons. The normalized spacial score (nSPS) is 20.4. The lowest BCUT2D eigenvalue weighted by molar-refractivity contribution is 0.0163. The second-order valence-electron chi connectivity index (χ2n) is 6.45. The number of carbonyl (C=O) groups excluding carboxylic acids is 1. The number of benzene rings is 1. The number of carbonyl (C=O) groups is 1. The molecular weight excluding hydrogens is 250 g/mol. The van der Waals surface area contributed by atoms with E-state index in [0.29, 0.717) is 0 Å². The van der Waals surface area contributed by atoms with Crippen LogP contribution in [0, 0.1) is 0 Å². The number of nitrogens with zero attached hydrogens (tertiary/aromatic N) is 1. The Labute approximate surface area is 121 Å². The Balaban J connectivity index is 2.19. The van der Waals surface area contributed by atoms with Crippen LogP contribution in [0.3, 0.4) is 0 Å². The van der Waals surface area contributed by atoms with Gasteiger partial charge in [0.1, 0.15) is 5.60 Å². The molecular formula is C17H25NO2. The maximum absolute atomic E-state index is 12.5. The minimum absolute atomic E-state index is 0.147. The van der Waals surface area contributed by atoms with Crippen LogP contribution in [0.4, 0.5) is 4.79 Å². The van der Waals surface area contributed by atoms with E-state index in [-0.39, 0.29) is 12.1 Å². The lowest BCUT2D eigenvalue weighted by atomic mass is 10.0. The van der Waals surface area contributed by atoms with E-state index in [0.717, 1.165) is 19.4 Å². The van der Waals surface area contributed by atoms with Crippen LogP contribution < -0.4 is 0 Å². The first kappa shape index (κ1) is 14.9. The molecule has 0 aromatic heterocycles. The Bertz CT molecular complexity index is 436. The van der Waals surface area contributed by atoms with Gasteiger partial charge in [0, 0.05) is 6.54 Å². The summed E-state index contributed by atoms with van der Waals surface area (Å²) in [6.07, 6.45) is 4.24. The molecule has 0 unspecified atom stereocenters. The molecule has 2 rings (SSSR count). The van der Waals surface area contributed by atoms with E-state index in [9.17, 15) is 4.79 Å². The number of hydrogen-bond donors (Lipinski definition) is 0. The van der Waals surface area contributed by atoms with Crippen molar-refractivity contribution in [3.05, 3.63) is 35.9 Å². The third-order valence-corrected chi connectivity index (χ3v) is 3.57. The van der Waals surface area contributed by atoms with E-state index in [1.807, 2.05) is 43.9 Å². The predicted octanol–water partition coefficient (Wildman–Crippen LogP) is 4.54. The lowest BCUT2D eigenvalue weighted by Crippen LogP contribution is -2.39. The molecule has 0 saturated carbocycles. The summed E-state index contributed by atoms with van der Waals surface area (Å²) in [6.45, 7) is 6.54. The Morgan fingerprint density at radius 3 is 2.50 bits per heavy atom. The van der Waals surface area contributed by atoms with Crippen molar-refractivity contribution in [1.29, 1.82) is 0 Å². The molecule has 0 spiro atoms. The van der Waals surface area contributed by atoms with Crippen LogP contribution in [0.15, 0.2) is 30.3 Å². The van der Waals surface area contributed by atoms with Gasteiger partial charge in [0.2, 0.25) is 0 Å². The van der Waals surface area contributed by atoms with Crippen LogP contribution in [0.1, 0.15) is 58.1 Å². The summed E-state index contributed by atoms with van der Waals surface area (Å²) in [4.78, 5) is 14.4. The topological polar surface area (TPSA) is 29.5 Å². The molecule has 1 heterocycles. The van der Waals surface area contributed by atoms with Gasteiger partial charge in [0.15, 0.2) is 0 Å². The van der Waals surface area contributed by atoms with Crippen molar-refractivity contribution < 1.29 is 9.53 Å². The highest BCUT2D eigenvalue weighted by atomic mass is 16.6. The summed E-state index contributed by atoms with van der Waals surface area (Å²) in [5, 5.41) is 0. The van der Waals surface area contributed by atoms with Crippen molar-refractivity contribution in [2.24, 2.45) is 0 Å². The molecule has 1 aliphatic rings. The number of rotatable bonds is 1. The van der Waals surface area contributed by atoms with E-state index in [1.54, 1.807) is 0 Å². The van der Waals surface area contributed by atoms with Gasteiger partial charge in [-0.3, -0.25) is 0 Å². The zero-order valence-electron chi connectivity index (χ0n) is 12.8. The van der Waals surface area contributed by atoms with E-state index in [2.05, 4.69) is 12.1 Å². The van der Waals surface area contributed by atoms with Gasteiger partial charge in [-0.1, -0.05) is 43.2 Å². The molecule has 1 aliphatic heterocycles. The quantitative estimate of drug-likeness (QED) is 0.753. The molecule has 1 aromatic rings. The van der Waals surface area contributed by atoms with Crippen molar-refractivity contribution >= 4 is 6.09 Å². The first-order chi connectivity index (χ1) is 9.47. The van der Waals surface area contributed by atoms with Gasteiger partial charge in [0.05, 0.1) is 6.04 Å². The van der Waals surface area contributed by atoms with Gasteiger partial charge >= 0.3 is 6.09 Å². The van der Waals surface area contributed by atoms with E-state index < -0.39 is 5.60 Å². The molecule has 3 heteroatoms. The highest BCUT2D eigenvalue weighted by Crippen LogP contribution is 2.31. The second kappa shape index (κ2) is 6.29. The predicted molar refractivity (Wildman–Crippen MR) is 80.6 cm³/mol. The molecule has 1 atom stereocenters. The fourth-order valence-electron chi connectivity index (χ4n) is 2.67. The monoisotopic (exact) mass is 275 g/mol. The van der Waals surface area contributed by atoms with Gasteiger partial charge < -0.3 is 9.64 Å². The van der Waals surface area contributed by atoms with Crippen molar-refractivity contribution in [2.45, 2.75) is 58.1 Å². The van der Waals surface area contributed by atoms with Crippen LogP contribution >= 0.6 is 0 Å². The summed E-state index contributed by atoms with van der Waals surface area (Å²) in [7, 11) is 0. The van der Waals surface area contributed by atoms with Gasteiger partial charge in [0.25, 0.3) is 0 Å². The number of amides is 1. The van der Waals surface area contributed by atoms with E-state index in [1.165, 1.54) is 18.4 Å². The van der Waals surface area contributed by atoms with Crippen molar-refractivity contribution in [3.63, 3.8) is 0 Å². The average Bonchev–Trinajstić information content (AvgIpc) is 2.63. The van der Waals surface area contributed by atoms with Gasteiger partial charge in [-0.25, -0.2) is 4.79 Å². The molecule has 1 aromatic carbocycles. The smallest absolute Gasteiger partial charge is 0.410 e. The Hall–Kier alpha value is -1.51. The molecule has 3 nitrogen and oxygen atoms in total. The number of likely N-dealkylation sites (tertiary alicyclic amines) is 1. The van der Waals surface area contributed by atoms with Gasteiger partial charge in [-0.15, -0.1) is 0 Å². The third kappa shape index (κ3) is 3.99. The first-order valence-corrected chi connectivity index (χ1v) is 7.52. The van der Waals surface area contributed by atoms with Gasteiger partial charge in [-0.2, -0.15) is 0 Å². The molecule has 1 saturated heterocycles. The summed E-state index contributed by atoms with van der Waals surface area (Å²) in [5.74, 6) is 0. The summed E-state index contributed by atoms with van der Waals surface area (Å²) in [5.41, 5.74) is 0.769. The van der Waals surface area contributed by atoms with Crippen molar-refractivity contribution in [2.75, 3.05) is 6.54 Å². The van der Waals surface area contributed by atoms with Crippen LogP contribution in [-0.4, -0.2) is 23.1 Å². The third-order valence-electron chi connectivity index (χ3n) is 3.57.